The fraction of sp³-hybridized carbons (Fsp3) is 0.235. The minimum absolute atomic E-state index is 0.150. The lowest BCUT2D eigenvalue weighted by molar-refractivity contribution is -0.385. The number of nitrogens with zero attached hydrogens (tertiary/aromatic N) is 1. The summed E-state index contributed by atoms with van der Waals surface area (Å²) < 4.78 is 10.8. The van der Waals surface area contributed by atoms with Crippen molar-refractivity contribution >= 4 is 23.3 Å². The molecular formula is C17H16ClNO5. The van der Waals surface area contributed by atoms with Gasteiger partial charge in [-0.05, 0) is 50.6 Å². The van der Waals surface area contributed by atoms with Gasteiger partial charge in [0.15, 0.2) is 0 Å². The molecular weight excluding hydrogens is 334 g/mol. The Hall–Kier alpha value is -2.60. The first-order chi connectivity index (χ1) is 11.3. The number of hydrogen-bond acceptors (Lipinski definition) is 5. The highest BCUT2D eigenvalue weighted by Gasteiger charge is 2.25. The molecule has 0 aliphatic carbocycles. The Morgan fingerprint density at radius 3 is 2.38 bits per heavy atom. The van der Waals surface area contributed by atoms with Crippen molar-refractivity contribution in [3.63, 3.8) is 0 Å². The van der Waals surface area contributed by atoms with E-state index >= 15 is 0 Å². The van der Waals surface area contributed by atoms with Gasteiger partial charge in [-0.25, -0.2) is 4.79 Å². The Labute approximate surface area is 144 Å². The minimum Gasteiger partial charge on any atom is -0.459 e. The van der Waals surface area contributed by atoms with Gasteiger partial charge >= 0.3 is 5.97 Å². The summed E-state index contributed by atoms with van der Waals surface area (Å²) in [6.45, 7) is 5.00. The summed E-state index contributed by atoms with van der Waals surface area (Å²) in [5.74, 6) is 0.0656. The van der Waals surface area contributed by atoms with E-state index < -0.39 is 10.9 Å². The summed E-state index contributed by atoms with van der Waals surface area (Å²) in [7, 11) is 0. The molecule has 0 amide bonds. The maximum Gasteiger partial charge on any atom is 0.345 e. The van der Waals surface area contributed by atoms with E-state index in [1.54, 1.807) is 45.0 Å². The molecule has 24 heavy (non-hydrogen) atoms. The molecule has 2 aromatic rings. The summed E-state index contributed by atoms with van der Waals surface area (Å²) >= 11 is 5.83. The second-order valence-electron chi connectivity index (χ2n) is 5.40. The smallest absolute Gasteiger partial charge is 0.345 e. The molecule has 0 spiro atoms. The van der Waals surface area contributed by atoms with Gasteiger partial charge in [-0.1, -0.05) is 11.6 Å². The SMILES string of the molecule is Cc1cc([N+](=O)[O-])c(C(=O)OC(C)C)cc1Oc1ccc(Cl)cc1. The van der Waals surface area contributed by atoms with Gasteiger partial charge < -0.3 is 9.47 Å². The standard InChI is InChI=1S/C17H16ClNO5/c1-10(2)23-17(20)14-9-16(11(3)8-15(14)19(21)22)24-13-6-4-12(18)5-7-13/h4-10H,1-3H3. The molecule has 0 N–H and O–H groups in total. The summed E-state index contributed by atoms with van der Waals surface area (Å²) in [5, 5.41) is 11.8. The predicted molar refractivity (Wildman–Crippen MR) is 89.9 cm³/mol. The van der Waals surface area contributed by atoms with Crippen molar-refractivity contribution in [2.75, 3.05) is 0 Å². The van der Waals surface area contributed by atoms with Crippen LogP contribution in [0.25, 0.3) is 0 Å². The van der Waals surface area contributed by atoms with Gasteiger partial charge in [0.05, 0.1) is 11.0 Å². The third-order valence-corrected chi connectivity index (χ3v) is 3.35. The van der Waals surface area contributed by atoms with Gasteiger partial charge in [0.1, 0.15) is 17.1 Å². The monoisotopic (exact) mass is 349 g/mol. The van der Waals surface area contributed by atoms with E-state index in [9.17, 15) is 14.9 Å². The van der Waals surface area contributed by atoms with Crippen LogP contribution in [0.2, 0.25) is 5.02 Å². The molecule has 0 aromatic heterocycles. The summed E-state index contributed by atoms with van der Waals surface area (Å²) in [5.41, 5.74) is 0.0580. The molecule has 6 nitrogen and oxygen atoms in total. The van der Waals surface area contributed by atoms with Gasteiger partial charge in [-0.2, -0.15) is 0 Å². The molecule has 0 fully saturated rings. The van der Waals surface area contributed by atoms with Crippen LogP contribution in [0.1, 0.15) is 29.8 Å². The topological polar surface area (TPSA) is 78.7 Å². The average molecular weight is 350 g/mol. The number of carbonyl (C=O) groups excluding carboxylic acids is 1. The molecule has 126 valence electrons. The Morgan fingerprint density at radius 1 is 1.21 bits per heavy atom. The number of carbonyl (C=O) groups is 1. The van der Waals surface area contributed by atoms with Gasteiger partial charge in [-0.3, -0.25) is 10.1 Å². The van der Waals surface area contributed by atoms with Crippen LogP contribution in [0.15, 0.2) is 36.4 Å². The van der Waals surface area contributed by atoms with Crippen molar-refractivity contribution in [2.45, 2.75) is 26.9 Å². The van der Waals surface area contributed by atoms with Gasteiger partial charge in [0, 0.05) is 17.2 Å². The first-order valence-corrected chi connectivity index (χ1v) is 7.59. The predicted octanol–water partition coefficient (Wildman–Crippen LogP) is 4.91. The fourth-order valence-electron chi connectivity index (χ4n) is 2.00. The second-order valence-corrected chi connectivity index (χ2v) is 5.84. The third-order valence-electron chi connectivity index (χ3n) is 3.09. The van der Waals surface area contributed by atoms with E-state index in [2.05, 4.69) is 0 Å². The Kier molecular flexibility index (Phi) is 5.41. The number of ether oxygens (including phenoxy) is 2. The lowest BCUT2D eigenvalue weighted by atomic mass is 10.1. The van der Waals surface area contributed by atoms with Crippen LogP contribution in [0, 0.1) is 17.0 Å². The fourth-order valence-corrected chi connectivity index (χ4v) is 2.13. The maximum atomic E-state index is 12.1. The van der Waals surface area contributed by atoms with Crippen molar-refractivity contribution in [1.82, 2.24) is 0 Å². The average Bonchev–Trinajstić information content (AvgIpc) is 2.50. The summed E-state index contributed by atoms with van der Waals surface area (Å²) in [6.07, 6.45) is -0.390. The highest BCUT2D eigenvalue weighted by Crippen LogP contribution is 2.32. The molecule has 0 bridgehead atoms. The number of hydrogen-bond donors (Lipinski definition) is 0. The third kappa shape index (κ3) is 4.23. The van der Waals surface area contributed by atoms with Crippen LogP contribution in [0.3, 0.4) is 0 Å². The zero-order chi connectivity index (χ0) is 17.9. The molecule has 0 unspecified atom stereocenters. The number of nitro benzene ring substituents is 1. The van der Waals surface area contributed by atoms with E-state index in [1.165, 1.54) is 12.1 Å². The van der Waals surface area contributed by atoms with Crippen LogP contribution in [-0.2, 0) is 4.74 Å². The highest BCUT2D eigenvalue weighted by molar-refractivity contribution is 6.30. The van der Waals surface area contributed by atoms with Crippen molar-refractivity contribution in [3.05, 3.63) is 62.7 Å². The van der Waals surface area contributed by atoms with Crippen molar-refractivity contribution in [2.24, 2.45) is 0 Å². The normalized spacial score (nSPS) is 10.5. The van der Waals surface area contributed by atoms with Crippen molar-refractivity contribution in [3.8, 4) is 11.5 Å². The molecule has 0 aliphatic heterocycles. The van der Waals surface area contributed by atoms with Crippen LogP contribution < -0.4 is 4.74 Å². The molecule has 0 atom stereocenters. The molecule has 2 aromatic carbocycles. The van der Waals surface area contributed by atoms with Crippen LogP contribution in [0.4, 0.5) is 5.69 Å². The molecule has 0 saturated carbocycles. The number of nitro groups is 1. The summed E-state index contributed by atoms with van der Waals surface area (Å²) in [6, 6.07) is 9.26. The first-order valence-electron chi connectivity index (χ1n) is 7.21. The van der Waals surface area contributed by atoms with Crippen LogP contribution in [0.5, 0.6) is 11.5 Å². The van der Waals surface area contributed by atoms with E-state index in [-0.39, 0.29) is 17.4 Å². The van der Waals surface area contributed by atoms with Gasteiger partial charge in [0.2, 0.25) is 0 Å². The Bertz CT molecular complexity index is 771. The maximum absolute atomic E-state index is 12.1. The minimum atomic E-state index is -0.766. The number of aryl methyl sites for hydroxylation is 1. The van der Waals surface area contributed by atoms with E-state index in [0.717, 1.165) is 0 Å². The number of esters is 1. The number of benzene rings is 2. The molecule has 2 rings (SSSR count). The Morgan fingerprint density at radius 2 is 1.83 bits per heavy atom. The lowest BCUT2D eigenvalue weighted by Gasteiger charge is -2.12. The molecule has 7 heteroatoms. The molecule has 0 aliphatic rings. The second kappa shape index (κ2) is 7.31. The number of rotatable bonds is 5. The zero-order valence-corrected chi connectivity index (χ0v) is 14.2. The largest absolute Gasteiger partial charge is 0.459 e. The van der Waals surface area contributed by atoms with Crippen LogP contribution in [-0.4, -0.2) is 17.0 Å². The quantitative estimate of drug-likeness (QED) is 0.435. The van der Waals surface area contributed by atoms with E-state index in [4.69, 9.17) is 21.1 Å². The Balaban J connectivity index is 2.43. The van der Waals surface area contributed by atoms with E-state index in [1.807, 2.05) is 0 Å². The summed E-state index contributed by atoms with van der Waals surface area (Å²) in [4.78, 5) is 22.7. The highest BCUT2D eigenvalue weighted by atomic mass is 35.5. The molecule has 0 heterocycles. The lowest BCUT2D eigenvalue weighted by Crippen LogP contribution is -2.13. The zero-order valence-electron chi connectivity index (χ0n) is 13.4. The van der Waals surface area contributed by atoms with Crippen molar-refractivity contribution < 1.29 is 19.2 Å². The van der Waals surface area contributed by atoms with Gasteiger partial charge in [-0.15, -0.1) is 0 Å². The van der Waals surface area contributed by atoms with Crippen LogP contribution >= 0.6 is 11.6 Å². The van der Waals surface area contributed by atoms with E-state index in [0.29, 0.717) is 22.1 Å². The first kappa shape index (κ1) is 17.7. The number of halogens is 1. The molecule has 0 saturated heterocycles. The van der Waals surface area contributed by atoms with Gasteiger partial charge in [0.25, 0.3) is 5.69 Å². The van der Waals surface area contributed by atoms with Crippen molar-refractivity contribution in [1.29, 1.82) is 0 Å². The molecule has 0 radical (unpaired) electrons.